The van der Waals surface area contributed by atoms with E-state index in [0.29, 0.717) is 0 Å². The monoisotopic (exact) mass is 109 g/mol. The van der Waals surface area contributed by atoms with E-state index in [1.807, 2.05) is 12.2 Å². The molecule has 0 fully saturated rings. The van der Waals surface area contributed by atoms with Crippen molar-refractivity contribution >= 4 is 0 Å². The molecule has 0 heterocycles. The highest BCUT2D eigenvalue weighted by Crippen LogP contribution is 2.10. The van der Waals surface area contributed by atoms with Gasteiger partial charge in [0.25, 0.3) is 0 Å². The Kier molecular flexibility index (Phi) is 1.86. The molecule has 0 aromatic rings. The van der Waals surface area contributed by atoms with Gasteiger partial charge in [-0.15, -0.1) is 0 Å². The molecule has 0 aliphatic heterocycles. The van der Waals surface area contributed by atoms with E-state index < -0.39 is 0 Å². The summed E-state index contributed by atoms with van der Waals surface area (Å²) < 4.78 is 4.93. The summed E-state index contributed by atoms with van der Waals surface area (Å²) in [4.78, 5) is 0. The summed E-state index contributed by atoms with van der Waals surface area (Å²) in [5, 5.41) is 0. The predicted molar refractivity (Wildman–Crippen MR) is 33.1 cm³/mol. The minimum Gasteiger partial charge on any atom is -0.366 e. The van der Waals surface area contributed by atoms with Crippen LogP contribution in [0.5, 0.6) is 0 Å². The minimum absolute atomic E-state index is 0.941. The number of methoxy groups -OCH3 is 1. The molecule has 1 heteroatoms. The van der Waals surface area contributed by atoms with Gasteiger partial charge in [-0.25, -0.2) is 0 Å². The Balaban J connectivity index is 2.42. The maximum atomic E-state index is 4.93. The van der Waals surface area contributed by atoms with Crippen molar-refractivity contribution in [1.29, 1.82) is 0 Å². The van der Waals surface area contributed by atoms with E-state index in [9.17, 15) is 0 Å². The molecule has 0 saturated carbocycles. The summed E-state index contributed by atoms with van der Waals surface area (Å²) in [5.74, 6) is 0. The second kappa shape index (κ2) is 2.68. The summed E-state index contributed by atoms with van der Waals surface area (Å²) in [7, 11) is 1.68. The van der Waals surface area contributed by atoms with Crippen molar-refractivity contribution in [2.24, 2.45) is 0 Å². The smallest absolute Gasteiger partial charge is 0.140 e. The second-order valence-corrected chi connectivity index (χ2v) is 1.65. The molecule has 0 aromatic heterocycles. The fourth-order valence-corrected chi connectivity index (χ4v) is 0.639. The molecule has 1 aliphatic carbocycles. The van der Waals surface area contributed by atoms with Gasteiger partial charge in [-0.1, -0.05) is 12.2 Å². The number of rotatable bonds is 1. The average Bonchev–Trinajstić information content (AvgIpc) is 1.90. The zero-order valence-electron chi connectivity index (χ0n) is 4.92. The maximum absolute atomic E-state index is 4.93. The first-order valence-corrected chi connectivity index (χ1v) is 2.67. The first-order valence-electron chi connectivity index (χ1n) is 2.67. The quantitative estimate of drug-likeness (QED) is 0.497. The van der Waals surface area contributed by atoms with Crippen LogP contribution >= 0.6 is 0 Å². The van der Waals surface area contributed by atoms with Crippen LogP contribution in [0.2, 0.25) is 0 Å². The van der Waals surface area contributed by atoms with Gasteiger partial charge in [-0.05, 0) is 18.6 Å². The number of hydrogen-bond donors (Lipinski definition) is 0. The van der Waals surface area contributed by atoms with Crippen molar-refractivity contribution in [3.8, 4) is 0 Å². The topological polar surface area (TPSA) is 9.23 Å². The molecule has 1 radical (unpaired) electrons. The molecule has 1 nitrogen and oxygen atoms in total. The first-order chi connectivity index (χ1) is 3.93. The Hall–Kier alpha value is -0.560. The van der Waals surface area contributed by atoms with Crippen LogP contribution in [0.1, 0.15) is 6.42 Å². The molecule has 0 atom stereocenters. The van der Waals surface area contributed by atoms with E-state index >= 15 is 0 Å². The highest BCUT2D eigenvalue weighted by molar-refractivity contribution is 5.21. The first kappa shape index (κ1) is 5.57. The predicted octanol–water partition coefficient (Wildman–Crippen LogP) is 1.68. The normalized spacial score (nSPS) is 19.6. The van der Waals surface area contributed by atoms with E-state index in [4.69, 9.17) is 4.74 Å². The Morgan fingerprint density at radius 3 is 2.38 bits per heavy atom. The highest BCUT2D eigenvalue weighted by Gasteiger charge is 1.98. The van der Waals surface area contributed by atoms with Gasteiger partial charge in [0.2, 0.25) is 0 Å². The van der Waals surface area contributed by atoms with Gasteiger partial charge in [0.15, 0.2) is 0 Å². The second-order valence-electron chi connectivity index (χ2n) is 1.65. The minimum atomic E-state index is 0.941. The summed E-state index contributed by atoms with van der Waals surface area (Å²) in [6.45, 7) is 0. The largest absolute Gasteiger partial charge is 0.366 e. The molecule has 0 N–H and O–H groups in total. The van der Waals surface area contributed by atoms with Gasteiger partial charge in [-0.2, -0.15) is 0 Å². The molecule has 1 rings (SSSR count). The van der Waals surface area contributed by atoms with Gasteiger partial charge in [0, 0.05) is 7.11 Å². The Morgan fingerprint density at radius 2 is 2.00 bits per heavy atom. The van der Waals surface area contributed by atoms with Crippen LogP contribution in [0.15, 0.2) is 24.3 Å². The molecule has 0 amide bonds. The van der Waals surface area contributed by atoms with Gasteiger partial charge in [0.1, 0.15) is 6.10 Å². The summed E-state index contributed by atoms with van der Waals surface area (Å²) in [6, 6.07) is 0. The van der Waals surface area contributed by atoms with Crippen LogP contribution in [-0.2, 0) is 4.74 Å². The van der Waals surface area contributed by atoms with Crippen molar-refractivity contribution in [2.75, 3.05) is 7.11 Å². The lowest BCUT2D eigenvalue weighted by Gasteiger charge is -2.04. The van der Waals surface area contributed by atoms with E-state index in [2.05, 4.69) is 12.2 Å². The number of hydrogen-bond acceptors (Lipinski definition) is 1. The SMILES string of the molecule is CO[C]1C=CCC=C1. The van der Waals surface area contributed by atoms with Crippen molar-refractivity contribution in [1.82, 2.24) is 0 Å². The molecule has 43 valence electrons. The van der Waals surface area contributed by atoms with E-state index in [1.165, 1.54) is 0 Å². The lowest BCUT2D eigenvalue weighted by Crippen LogP contribution is -1.93. The van der Waals surface area contributed by atoms with Gasteiger partial charge in [0.05, 0.1) is 0 Å². The molecule has 0 bridgehead atoms. The standard InChI is InChI=1S/C7H9O/c1-8-7-5-3-2-4-6-7/h3-6H,2H2,1H3. The Labute approximate surface area is 49.7 Å². The van der Waals surface area contributed by atoms with Crippen molar-refractivity contribution in [3.63, 3.8) is 0 Å². The summed E-state index contributed by atoms with van der Waals surface area (Å²) in [6.07, 6.45) is 10.1. The van der Waals surface area contributed by atoms with Crippen molar-refractivity contribution in [2.45, 2.75) is 6.42 Å². The molecule has 0 aromatic carbocycles. The third-order valence-electron chi connectivity index (χ3n) is 1.07. The lowest BCUT2D eigenvalue weighted by molar-refractivity contribution is 0.256. The summed E-state index contributed by atoms with van der Waals surface area (Å²) in [5.41, 5.74) is 0. The molecule has 8 heavy (non-hydrogen) atoms. The van der Waals surface area contributed by atoms with Crippen LogP contribution in [0.25, 0.3) is 0 Å². The van der Waals surface area contributed by atoms with Crippen molar-refractivity contribution in [3.05, 3.63) is 30.4 Å². The summed E-state index contributed by atoms with van der Waals surface area (Å²) >= 11 is 0. The molecule has 0 saturated heterocycles. The number of allylic oxidation sites excluding steroid dienone is 2. The maximum Gasteiger partial charge on any atom is 0.140 e. The third kappa shape index (κ3) is 1.20. The molecule has 1 aliphatic rings. The highest BCUT2D eigenvalue weighted by atomic mass is 16.5. The van der Waals surface area contributed by atoms with E-state index in [0.717, 1.165) is 12.5 Å². The van der Waals surface area contributed by atoms with Gasteiger partial charge >= 0.3 is 0 Å². The van der Waals surface area contributed by atoms with Gasteiger partial charge in [-0.3, -0.25) is 0 Å². The zero-order valence-corrected chi connectivity index (χ0v) is 4.92. The fraction of sp³-hybridized carbons (Fsp3) is 0.286. The third-order valence-corrected chi connectivity index (χ3v) is 1.07. The van der Waals surface area contributed by atoms with Crippen LogP contribution in [0.4, 0.5) is 0 Å². The van der Waals surface area contributed by atoms with Crippen molar-refractivity contribution < 1.29 is 4.74 Å². The van der Waals surface area contributed by atoms with Crippen LogP contribution in [-0.4, -0.2) is 7.11 Å². The Bertz CT molecular complexity index is 102. The number of ether oxygens (including phenoxy) is 1. The van der Waals surface area contributed by atoms with E-state index in [1.54, 1.807) is 7.11 Å². The fourth-order valence-electron chi connectivity index (χ4n) is 0.639. The molecule has 0 unspecified atom stereocenters. The van der Waals surface area contributed by atoms with Crippen LogP contribution in [0, 0.1) is 6.10 Å². The zero-order chi connectivity index (χ0) is 5.82. The van der Waals surface area contributed by atoms with Gasteiger partial charge < -0.3 is 4.74 Å². The Morgan fingerprint density at radius 1 is 1.38 bits per heavy atom. The lowest BCUT2D eigenvalue weighted by atomic mass is 10.2. The molecular formula is C7H9O. The van der Waals surface area contributed by atoms with Crippen LogP contribution < -0.4 is 0 Å². The molecular weight excluding hydrogens is 100 g/mol. The van der Waals surface area contributed by atoms with E-state index in [-0.39, 0.29) is 0 Å². The molecule has 0 spiro atoms. The average molecular weight is 109 g/mol. The van der Waals surface area contributed by atoms with Crippen LogP contribution in [0.3, 0.4) is 0 Å².